The number of methoxy groups -OCH3 is 1. The van der Waals surface area contributed by atoms with E-state index in [4.69, 9.17) is 4.74 Å². The first-order chi connectivity index (χ1) is 10.6. The normalized spacial score (nSPS) is 15.2. The highest BCUT2D eigenvalue weighted by Crippen LogP contribution is 2.34. The van der Waals surface area contributed by atoms with Gasteiger partial charge in [-0.25, -0.2) is 4.98 Å². The molecular formula is C16H21N3O2S. The Balaban J connectivity index is 1.61. The van der Waals surface area contributed by atoms with Crippen LogP contribution in [0.4, 0.5) is 5.13 Å². The summed E-state index contributed by atoms with van der Waals surface area (Å²) >= 11 is 1.66. The first-order valence-electron chi connectivity index (χ1n) is 7.54. The van der Waals surface area contributed by atoms with Crippen LogP contribution in [-0.2, 0) is 4.79 Å². The Morgan fingerprint density at radius 1 is 1.50 bits per heavy atom. The van der Waals surface area contributed by atoms with Crippen LogP contribution in [0.15, 0.2) is 18.2 Å². The number of fused-ring (bicyclic) bond motifs is 1. The molecule has 1 aromatic heterocycles. The third-order valence-electron chi connectivity index (χ3n) is 3.79. The SMILES string of the molecule is COc1ccc2sc(N3CC(C(=O)NCC(C)C)C3)nc2c1. The van der Waals surface area contributed by atoms with Crippen molar-refractivity contribution >= 4 is 32.6 Å². The second kappa shape index (κ2) is 6.12. The van der Waals surface area contributed by atoms with Crippen molar-refractivity contribution in [3.8, 4) is 5.75 Å². The fourth-order valence-corrected chi connectivity index (χ4v) is 3.37. The number of nitrogens with zero attached hydrogens (tertiary/aromatic N) is 2. The van der Waals surface area contributed by atoms with E-state index in [0.717, 1.165) is 40.7 Å². The van der Waals surface area contributed by atoms with Crippen molar-refractivity contribution in [3.05, 3.63) is 18.2 Å². The minimum Gasteiger partial charge on any atom is -0.497 e. The van der Waals surface area contributed by atoms with Gasteiger partial charge in [0.15, 0.2) is 5.13 Å². The standard InChI is InChI=1S/C16H21N3O2S/c1-10(2)7-17-15(20)11-8-19(9-11)16-18-13-6-12(21-3)4-5-14(13)22-16/h4-6,10-11H,7-9H2,1-3H3,(H,17,20). The monoisotopic (exact) mass is 319 g/mol. The van der Waals surface area contributed by atoms with Gasteiger partial charge in [-0.1, -0.05) is 25.2 Å². The van der Waals surface area contributed by atoms with Crippen LogP contribution in [0.5, 0.6) is 5.75 Å². The Morgan fingerprint density at radius 2 is 2.27 bits per heavy atom. The molecule has 22 heavy (non-hydrogen) atoms. The second-order valence-corrected chi connectivity index (χ2v) is 7.08. The van der Waals surface area contributed by atoms with E-state index in [1.165, 1.54) is 0 Å². The lowest BCUT2D eigenvalue weighted by Crippen LogP contribution is -2.54. The molecule has 2 heterocycles. The van der Waals surface area contributed by atoms with Gasteiger partial charge in [0, 0.05) is 25.7 Å². The van der Waals surface area contributed by atoms with Crippen molar-refractivity contribution in [2.24, 2.45) is 11.8 Å². The number of hydrogen-bond acceptors (Lipinski definition) is 5. The van der Waals surface area contributed by atoms with E-state index < -0.39 is 0 Å². The molecule has 1 aromatic carbocycles. The van der Waals surface area contributed by atoms with Gasteiger partial charge in [0.05, 0.1) is 23.2 Å². The number of hydrogen-bond donors (Lipinski definition) is 1. The number of anilines is 1. The molecule has 0 radical (unpaired) electrons. The first kappa shape index (κ1) is 15.1. The summed E-state index contributed by atoms with van der Waals surface area (Å²) in [6, 6.07) is 5.92. The number of ether oxygens (including phenoxy) is 1. The lowest BCUT2D eigenvalue weighted by molar-refractivity contribution is -0.125. The zero-order valence-electron chi connectivity index (χ0n) is 13.1. The predicted octanol–water partition coefficient (Wildman–Crippen LogP) is 2.51. The van der Waals surface area contributed by atoms with Crippen LogP contribution in [0.3, 0.4) is 0 Å². The highest BCUT2D eigenvalue weighted by Gasteiger charge is 2.34. The summed E-state index contributed by atoms with van der Waals surface area (Å²) in [4.78, 5) is 18.8. The molecule has 1 fully saturated rings. The van der Waals surface area contributed by atoms with Gasteiger partial charge in [0.1, 0.15) is 5.75 Å². The largest absolute Gasteiger partial charge is 0.497 e. The van der Waals surface area contributed by atoms with Crippen LogP contribution in [0.2, 0.25) is 0 Å². The average molecular weight is 319 g/mol. The van der Waals surface area contributed by atoms with Crippen LogP contribution in [0.25, 0.3) is 10.2 Å². The summed E-state index contributed by atoms with van der Waals surface area (Å²) in [6.45, 7) is 6.45. The molecule has 5 nitrogen and oxygen atoms in total. The number of nitrogens with one attached hydrogen (secondary N) is 1. The predicted molar refractivity (Wildman–Crippen MR) is 89.7 cm³/mol. The molecule has 1 aliphatic rings. The topological polar surface area (TPSA) is 54.5 Å². The summed E-state index contributed by atoms with van der Waals surface area (Å²) < 4.78 is 6.37. The molecule has 1 saturated heterocycles. The van der Waals surface area contributed by atoms with Gasteiger partial charge in [0.2, 0.25) is 5.91 Å². The quantitative estimate of drug-likeness (QED) is 0.920. The zero-order valence-corrected chi connectivity index (χ0v) is 13.9. The first-order valence-corrected chi connectivity index (χ1v) is 8.35. The highest BCUT2D eigenvalue weighted by atomic mass is 32.1. The summed E-state index contributed by atoms with van der Waals surface area (Å²) in [6.07, 6.45) is 0. The number of carbonyl (C=O) groups excluding carboxylic acids is 1. The number of thiazole rings is 1. The third-order valence-corrected chi connectivity index (χ3v) is 4.89. The molecule has 1 N–H and O–H groups in total. The zero-order chi connectivity index (χ0) is 15.7. The molecule has 0 atom stereocenters. The van der Waals surface area contributed by atoms with Crippen LogP contribution in [-0.4, -0.2) is 37.6 Å². The van der Waals surface area contributed by atoms with Gasteiger partial charge in [-0.3, -0.25) is 4.79 Å². The molecule has 0 spiro atoms. The van der Waals surface area contributed by atoms with Crippen molar-refractivity contribution < 1.29 is 9.53 Å². The molecule has 1 amide bonds. The number of aromatic nitrogens is 1. The van der Waals surface area contributed by atoms with Crippen molar-refractivity contribution in [2.45, 2.75) is 13.8 Å². The highest BCUT2D eigenvalue weighted by molar-refractivity contribution is 7.22. The fourth-order valence-electron chi connectivity index (χ4n) is 2.41. The van der Waals surface area contributed by atoms with E-state index in [0.29, 0.717) is 5.92 Å². The van der Waals surface area contributed by atoms with Crippen molar-refractivity contribution in [3.63, 3.8) is 0 Å². The Bertz CT molecular complexity index is 677. The average Bonchev–Trinajstić information content (AvgIpc) is 2.85. The van der Waals surface area contributed by atoms with Crippen LogP contribution < -0.4 is 15.0 Å². The number of amides is 1. The second-order valence-electron chi connectivity index (χ2n) is 6.07. The minimum absolute atomic E-state index is 0.0836. The van der Waals surface area contributed by atoms with E-state index in [9.17, 15) is 4.79 Å². The van der Waals surface area contributed by atoms with Gasteiger partial charge in [-0.05, 0) is 18.1 Å². The van der Waals surface area contributed by atoms with Gasteiger partial charge < -0.3 is 15.0 Å². The van der Waals surface area contributed by atoms with E-state index in [1.807, 2.05) is 18.2 Å². The number of rotatable bonds is 5. The lowest BCUT2D eigenvalue weighted by atomic mass is 10.00. The summed E-state index contributed by atoms with van der Waals surface area (Å²) in [7, 11) is 1.66. The molecule has 0 aliphatic carbocycles. The maximum Gasteiger partial charge on any atom is 0.226 e. The smallest absolute Gasteiger partial charge is 0.226 e. The molecule has 0 unspecified atom stereocenters. The van der Waals surface area contributed by atoms with E-state index >= 15 is 0 Å². The fraction of sp³-hybridized carbons (Fsp3) is 0.500. The van der Waals surface area contributed by atoms with Crippen LogP contribution in [0, 0.1) is 11.8 Å². The van der Waals surface area contributed by atoms with Gasteiger partial charge >= 0.3 is 0 Å². The van der Waals surface area contributed by atoms with Crippen molar-refractivity contribution in [1.29, 1.82) is 0 Å². The van der Waals surface area contributed by atoms with Crippen molar-refractivity contribution in [2.75, 3.05) is 31.6 Å². The minimum atomic E-state index is 0.0836. The summed E-state index contributed by atoms with van der Waals surface area (Å²) in [5, 5.41) is 3.98. The van der Waals surface area contributed by atoms with Gasteiger partial charge in [-0.2, -0.15) is 0 Å². The van der Waals surface area contributed by atoms with Crippen LogP contribution >= 0.6 is 11.3 Å². The van der Waals surface area contributed by atoms with E-state index in [1.54, 1.807) is 18.4 Å². The molecule has 6 heteroatoms. The summed E-state index contributed by atoms with van der Waals surface area (Å²) in [5.41, 5.74) is 0.951. The van der Waals surface area contributed by atoms with Crippen LogP contribution in [0.1, 0.15) is 13.8 Å². The maximum atomic E-state index is 12.0. The molecule has 0 saturated carbocycles. The van der Waals surface area contributed by atoms with E-state index in [-0.39, 0.29) is 11.8 Å². The molecule has 118 valence electrons. The summed E-state index contributed by atoms with van der Waals surface area (Å²) in [5.74, 6) is 1.55. The molecule has 2 aromatic rings. The molecular weight excluding hydrogens is 298 g/mol. The molecule has 1 aliphatic heterocycles. The Hall–Kier alpha value is -1.82. The Labute approximate surface area is 134 Å². The molecule has 3 rings (SSSR count). The molecule has 0 bridgehead atoms. The number of benzene rings is 1. The van der Waals surface area contributed by atoms with Gasteiger partial charge in [0.25, 0.3) is 0 Å². The lowest BCUT2D eigenvalue weighted by Gasteiger charge is -2.38. The van der Waals surface area contributed by atoms with Gasteiger partial charge in [-0.15, -0.1) is 0 Å². The number of carbonyl (C=O) groups is 1. The Kier molecular flexibility index (Phi) is 4.20. The maximum absolute atomic E-state index is 12.0. The third kappa shape index (κ3) is 3.02. The van der Waals surface area contributed by atoms with E-state index in [2.05, 4.69) is 29.0 Å². The van der Waals surface area contributed by atoms with Crippen molar-refractivity contribution in [1.82, 2.24) is 10.3 Å². The Morgan fingerprint density at radius 3 is 2.95 bits per heavy atom.